The molecule has 10 aromatic rings. The van der Waals surface area contributed by atoms with Crippen LogP contribution < -0.4 is 0 Å². The summed E-state index contributed by atoms with van der Waals surface area (Å²) in [5.74, 6) is 0. The van der Waals surface area contributed by atoms with E-state index in [1.165, 1.54) is 43.1 Å². The van der Waals surface area contributed by atoms with Crippen molar-refractivity contribution in [1.29, 1.82) is 0 Å². The Kier molecular flexibility index (Phi) is 5.28. The van der Waals surface area contributed by atoms with E-state index in [4.69, 9.17) is 15.0 Å². The molecule has 0 N–H and O–H groups in total. The first-order valence-electron chi connectivity index (χ1n) is 15.6. The Labute approximate surface area is 264 Å². The van der Waals surface area contributed by atoms with Crippen LogP contribution in [0.15, 0.2) is 152 Å². The molecule has 0 radical (unpaired) electrons. The normalized spacial score (nSPS) is 11.9. The van der Waals surface area contributed by atoms with Crippen LogP contribution >= 0.6 is 0 Å². The van der Waals surface area contributed by atoms with Crippen molar-refractivity contribution < 1.29 is 0 Å². The van der Waals surface area contributed by atoms with Gasteiger partial charge in [0.05, 0.1) is 33.8 Å². The molecule has 0 amide bonds. The zero-order valence-corrected chi connectivity index (χ0v) is 24.8. The van der Waals surface area contributed by atoms with Crippen LogP contribution in [0, 0.1) is 0 Å². The van der Waals surface area contributed by atoms with Crippen LogP contribution in [0.5, 0.6) is 0 Å². The molecule has 0 aliphatic rings. The molecule has 3 heterocycles. The molecular formula is C43H25N3. The van der Waals surface area contributed by atoms with Crippen molar-refractivity contribution in [3.63, 3.8) is 0 Å². The van der Waals surface area contributed by atoms with Gasteiger partial charge >= 0.3 is 0 Å². The van der Waals surface area contributed by atoms with E-state index in [-0.39, 0.29) is 0 Å². The minimum atomic E-state index is 0.831. The van der Waals surface area contributed by atoms with Gasteiger partial charge in [0.1, 0.15) is 0 Å². The molecule has 3 heteroatoms. The quantitative estimate of drug-likeness (QED) is 0.194. The van der Waals surface area contributed by atoms with Crippen LogP contribution in [0.2, 0.25) is 0 Å². The highest BCUT2D eigenvalue weighted by molar-refractivity contribution is 6.25. The zero-order chi connectivity index (χ0) is 30.2. The highest BCUT2D eigenvalue weighted by Gasteiger charge is 2.15. The monoisotopic (exact) mass is 583 g/mol. The molecule has 3 nitrogen and oxygen atoms in total. The first-order valence-corrected chi connectivity index (χ1v) is 15.6. The molecule has 0 bridgehead atoms. The van der Waals surface area contributed by atoms with Gasteiger partial charge in [0.25, 0.3) is 0 Å². The largest absolute Gasteiger partial charge is 0.246 e. The molecule has 212 valence electrons. The Morgan fingerprint density at radius 3 is 1.67 bits per heavy atom. The smallest absolute Gasteiger partial charge is 0.0973 e. The van der Waals surface area contributed by atoms with Gasteiger partial charge in [-0.1, -0.05) is 121 Å². The SMILES string of the molecule is c1cc(-c2ccc3ccccc3c2)nc(-c2ccc3ccc4ccc(-c5ccc6ccc7cccc8ccc5c6c78)nc4c3n2)c1. The number of nitrogens with zero attached hydrogens (tertiary/aromatic N) is 3. The van der Waals surface area contributed by atoms with E-state index in [1.807, 2.05) is 6.07 Å². The number of benzene rings is 7. The number of pyridine rings is 3. The highest BCUT2D eigenvalue weighted by Crippen LogP contribution is 2.39. The molecule has 0 aliphatic heterocycles. The molecule has 3 aromatic heterocycles. The lowest BCUT2D eigenvalue weighted by molar-refractivity contribution is 1.28. The number of hydrogen-bond donors (Lipinski definition) is 0. The summed E-state index contributed by atoms with van der Waals surface area (Å²) in [5, 5.41) is 12.2. The summed E-state index contributed by atoms with van der Waals surface area (Å²) in [6.45, 7) is 0. The van der Waals surface area contributed by atoms with Crippen molar-refractivity contribution in [1.82, 2.24) is 15.0 Å². The maximum absolute atomic E-state index is 5.30. The number of hydrogen-bond acceptors (Lipinski definition) is 3. The van der Waals surface area contributed by atoms with Crippen LogP contribution in [0.1, 0.15) is 0 Å². The third-order valence-corrected chi connectivity index (χ3v) is 9.38. The molecule has 46 heavy (non-hydrogen) atoms. The molecule has 0 fully saturated rings. The van der Waals surface area contributed by atoms with Gasteiger partial charge in [-0.15, -0.1) is 0 Å². The zero-order valence-electron chi connectivity index (χ0n) is 24.8. The Hall–Kier alpha value is -6.19. The molecule has 0 unspecified atom stereocenters. The highest BCUT2D eigenvalue weighted by atomic mass is 14.8. The minimum Gasteiger partial charge on any atom is -0.246 e. The average Bonchev–Trinajstić information content (AvgIpc) is 3.13. The first kappa shape index (κ1) is 25.2. The van der Waals surface area contributed by atoms with Gasteiger partial charge in [0.2, 0.25) is 0 Å². The second kappa shape index (κ2) is 9.65. The first-order chi connectivity index (χ1) is 22.8. The van der Waals surface area contributed by atoms with Gasteiger partial charge in [-0.25, -0.2) is 15.0 Å². The Bertz CT molecular complexity index is 2800. The van der Waals surface area contributed by atoms with Crippen LogP contribution in [0.25, 0.3) is 98.8 Å². The molecule has 0 aliphatic carbocycles. The van der Waals surface area contributed by atoms with Gasteiger partial charge in [-0.3, -0.25) is 0 Å². The fourth-order valence-corrected chi connectivity index (χ4v) is 7.11. The molecule has 0 atom stereocenters. The van der Waals surface area contributed by atoms with Gasteiger partial charge < -0.3 is 0 Å². The molecule has 0 spiro atoms. The van der Waals surface area contributed by atoms with Crippen molar-refractivity contribution in [2.24, 2.45) is 0 Å². The topological polar surface area (TPSA) is 38.7 Å². The molecule has 10 rings (SSSR count). The number of rotatable bonds is 3. The summed E-state index contributed by atoms with van der Waals surface area (Å²) >= 11 is 0. The summed E-state index contributed by atoms with van der Waals surface area (Å²) in [6.07, 6.45) is 0. The molecule has 7 aromatic carbocycles. The standard InChI is InChI=1S/C43H25N3/c1-2-6-32-25-33(16-11-26(32)5-1)36-9-4-10-38(44-36)39-24-20-31-15-14-30-19-23-37(45-42(30)43(31)46-39)34-21-17-29-13-12-27-7-3-8-28-18-22-35(34)41(29)40(27)28/h1-25H. The molecule has 0 saturated heterocycles. The fraction of sp³-hybridized carbons (Fsp3) is 0. The van der Waals surface area contributed by atoms with E-state index in [1.54, 1.807) is 0 Å². The summed E-state index contributed by atoms with van der Waals surface area (Å²) in [7, 11) is 0. The lowest BCUT2D eigenvalue weighted by Crippen LogP contribution is -1.94. The van der Waals surface area contributed by atoms with Crippen LogP contribution in [0.4, 0.5) is 0 Å². The van der Waals surface area contributed by atoms with Gasteiger partial charge in [0.15, 0.2) is 0 Å². The van der Waals surface area contributed by atoms with Crippen LogP contribution in [0.3, 0.4) is 0 Å². The number of aromatic nitrogens is 3. The van der Waals surface area contributed by atoms with E-state index in [0.717, 1.165) is 55.7 Å². The lowest BCUT2D eigenvalue weighted by atomic mass is 9.91. The van der Waals surface area contributed by atoms with E-state index in [2.05, 4.69) is 146 Å². The predicted molar refractivity (Wildman–Crippen MR) is 192 cm³/mol. The summed E-state index contributed by atoms with van der Waals surface area (Å²) in [4.78, 5) is 15.6. The summed E-state index contributed by atoms with van der Waals surface area (Å²) < 4.78 is 0. The Morgan fingerprint density at radius 1 is 0.304 bits per heavy atom. The Balaban J connectivity index is 1.13. The third kappa shape index (κ3) is 3.82. The number of fused-ring (bicyclic) bond motifs is 4. The maximum atomic E-state index is 5.30. The minimum absolute atomic E-state index is 0.831. The third-order valence-electron chi connectivity index (χ3n) is 9.38. The van der Waals surface area contributed by atoms with Crippen LogP contribution in [-0.4, -0.2) is 15.0 Å². The molecule has 0 saturated carbocycles. The van der Waals surface area contributed by atoms with Crippen molar-refractivity contribution in [3.05, 3.63) is 152 Å². The summed E-state index contributed by atoms with van der Waals surface area (Å²) in [6, 6.07) is 53.7. The second-order valence-corrected chi connectivity index (χ2v) is 12.0. The molecular weight excluding hydrogens is 558 g/mol. The van der Waals surface area contributed by atoms with Gasteiger partial charge in [-0.05, 0) is 73.4 Å². The average molecular weight is 584 g/mol. The summed E-state index contributed by atoms with van der Waals surface area (Å²) in [5.41, 5.74) is 7.54. The maximum Gasteiger partial charge on any atom is 0.0973 e. The van der Waals surface area contributed by atoms with Gasteiger partial charge in [0, 0.05) is 21.9 Å². The van der Waals surface area contributed by atoms with Gasteiger partial charge in [-0.2, -0.15) is 0 Å². The second-order valence-electron chi connectivity index (χ2n) is 12.0. The van der Waals surface area contributed by atoms with E-state index < -0.39 is 0 Å². The van der Waals surface area contributed by atoms with Crippen molar-refractivity contribution in [2.45, 2.75) is 0 Å². The van der Waals surface area contributed by atoms with E-state index in [9.17, 15) is 0 Å². The Morgan fingerprint density at radius 2 is 0.848 bits per heavy atom. The van der Waals surface area contributed by atoms with Crippen molar-refractivity contribution in [2.75, 3.05) is 0 Å². The van der Waals surface area contributed by atoms with Crippen LogP contribution in [-0.2, 0) is 0 Å². The fourth-order valence-electron chi connectivity index (χ4n) is 7.11. The van der Waals surface area contributed by atoms with E-state index in [0.29, 0.717) is 0 Å². The predicted octanol–water partition coefficient (Wildman–Crippen LogP) is 11.2. The van der Waals surface area contributed by atoms with Crippen molar-refractivity contribution >= 4 is 64.9 Å². The van der Waals surface area contributed by atoms with E-state index >= 15 is 0 Å². The lowest BCUT2D eigenvalue weighted by Gasteiger charge is -2.14. The van der Waals surface area contributed by atoms with Crippen molar-refractivity contribution in [3.8, 4) is 33.9 Å².